The molecule has 0 rings (SSSR count). The molecule has 0 spiro atoms. The third kappa shape index (κ3) is 10.4. The van der Waals surface area contributed by atoms with Gasteiger partial charge in [0, 0.05) is 23.5 Å². The molecule has 0 unspecified atom stereocenters. The van der Waals surface area contributed by atoms with Gasteiger partial charge in [-0.25, -0.2) is 0 Å². The SMILES string of the molecule is CCCCC[P+](NSCC)(NSCC)NSCC=N. The molecule has 8 heteroatoms. The number of hydrogen-bond acceptors (Lipinski definition) is 7. The molecule has 0 saturated carbocycles. The fourth-order valence-electron chi connectivity index (χ4n) is 1.33. The van der Waals surface area contributed by atoms with E-state index in [1.807, 2.05) is 0 Å². The first-order chi connectivity index (χ1) is 9.24. The largest absolute Gasteiger partial charge is 0.312 e. The second-order valence-electron chi connectivity index (χ2n) is 3.90. The summed E-state index contributed by atoms with van der Waals surface area (Å²) in [7, 11) is -1.55. The minimum Gasteiger partial charge on any atom is -0.312 e. The Bertz CT molecular complexity index is 214. The van der Waals surface area contributed by atoms with E-state index in [0.29, 0.717) is 5.75 Å². The van der Waals surface area contributed by atoms with Gasteiger partial charge < -0.3 is 5.41 Å². The summed E-state index contributed by atoms with van der Waals surface area (Å²) < 4.78 is 10.8. The maximum absolute atomic E-state index is 7.13. The summed E-state index contributed by atoms with van der Waals surface area (Å²) >= 11 is 5.17. The standard InChI is InChI=1S/C11H28N4PS3/c1-4-7-8-10-16(13-17-5-2,14-18-6-3)15-19-11-9-12/h9,12-15H,4-8,10-11H2,1-3H3/q+1. The highest BCUT2D eigenvalue weighted by molar-refractivity contribution is 8.13. The molecule has 0 fully saturated rings. The molecule has 0 aliphatic carbocycles. The molecule has 0 saturated heterocycles. The molecule has 0 bridgehead atoms. The summed E-state index contributed by atoms with van der Waals surface area (Å²) in [6.07, 6.45) is 6.34. The lowest BCUT2D eigenvalue weighted by molar-refractivity contribution is 0.770. The van der Waals surface area contributed by atoms with Crippen LogP contribution in [0.15, 0.2) is 0 Å². The average Bonchev–Trinajstić information content (AvgIpc) is 2.43. The Morgan fingerprint density at radius 2 is 1.53 bits per heavy atom. The van der Waals surface area contributed by atoms with Gasteiger partial charge in [-0.05, 0) is 48.7 Å². The maximum Gasteiger partial charge on any atom is 0.249 e. The Morgan fingerprint density at radius 3 is 2.00 bits per heavy atom. The van der Waals surface area contributed by atoms with Crippen LogP contribution in [-0.2, 0) is 0 Å². The Hall–Kier alpha value is 1.03. The van der Waals surface area contributed by atoms with Gasteiger partial charge in [0.1, 0.15) is 6.16 Å². The zero-order chi connectivity index (χ0) is 14.4. The van der Waals surface area contributed by atoms with E-state index in [9.17, 15) is 0 Å². The molecule has 4 N–H and O–H groups in total. The molecule has 0 heterocycles. The van der Waals surface area contributed by atoms with Gasteiger partial charge in [0.25, 0.3) is 0 Å². The Kier molecular flexibility index (Phi) is 14.7. The molecule has 4 nitrogen and oxygen atoms in total. The summed E-state index contributed by atoms with van der Waals surface area (Å²) in [6, 6.07) is 0. The van der Waals surface area contributed by atoms with E-state index in [0.717, 1.165) is 17.7 Å². The topological polar surface area (TPSA) is 59.9 Å². The Morgan fingerprint density at radius 1 is 0.947 bits per heavy atom. The van der Waals surface area contributed by atoms with E-state index < -0.39 is 7.71 Å². The van der Waals surface area contributed by atoms with Gasteiger partial charge >= 0.3 is 0 Å². The predicted molar refractivity (Wildman–Crippen MR) is 98.2 cm³/mol. The fraction of sp³-hybridized carbons (Fsp3) is 0.909. The van der Waals surface area contributed by atoms with Crippen LogP contribution < -0.4 is 13.5 Å². The van der Waals surface area contributed by atoms with Crippen molar-refractivity contribution < 1.29 is 0 Å². The van der Waals surface area contributed by atoms with Crippen LogP contribution in [0.4, 0.5) is 0 Å². The quantitative estimate of drug-likeness (QED) is 0.163. The summed E-state index contributed by atoms with van der Waals surface area (Å²) in [5.74, 6) is 2.84. The van der Waals surface area contributed by atoms with Crippen molar-refractivity contribution in [2.45, 2.75) is 40.0 Å². The maximum atomic E-state index is 7.13. The number of nitrogens with one attached hydrogen (secondary N) is 4. The summed E-state index contributed by atoms with van der Waals surface area (Å²) in [5, 5.41) is 7.13. The van der Waals surface area contributed by atoms with Crippen molar-refractivity contribution in [3.63, 3.8) is 0 Å². The highest BCUT2D eigenvalue weighted by Gasteiger charge is 2.38. The van der Waals surface area contributed by atoms with Crippen LogP contribution >= 0.6 is 43.6 Å². The average molecular weight is 344 g/mol. The Labute approximate surface area is 132 Å². The van der Waals surface area contributed by atoms with Crippen molar-refractivity contribution in [2.75, 3.05) is 23.4 Å². The third-order valence-electron chi connectivity index (χ3n) is 2.21. The molecule has 0 aromatic carbocycles. The summed E-state index contributed by atoms with van der Waals surface area (Å²) in [4.78, 5) is 0. The van der Waals surface area contributed by atoms with Gasteiger partial charge in [-0.15, -0.1) is 13.5 Å². The minimum atomic E-state index is -1.55. The lowest BCUT2D eigenvalue weighted by Crippen LogP contribution is -2.31. The van der Waals surface area contributed by atoms with Crippen molar-refractivity contribution in [1.82, 2.24) is 13.5 Å². The van der Waals surface area contributed by atoms with Crippen molar-refractivity contribution in [1.29, 1.82) is 5.41 Å². The van der Waals surface area contributed by atoms with E-state index >= 15 is 0 Å². The monoisotopic (exact) mass is 343 g/mol. The van der Waals surface area contributed by atoms with Gasteiger partial charge in [-0.2, -0.15) is 0 Å². The van der Waals surface area contributed by atoms with E-state index in [4.69, 9.17) is 5.41 Å². The van der Waals surface area contributed by atoms with Crippen LogP contribution in [0.1, 0.15) is 40.0 Å². The van der Waals surface area contributed by atoms with Crippen LogP contribution in [0.3, 0.4) is 0 Å². The summed E-state index contributed by atoms with van der Waals surface area (Å²) in [5.41, 5.74) is 0. The number of rotatable bonds is 14. The van der Waals surface area contributed by atoms with E-state index in [1.165, 1.54) is 25.5 Å². The van der Waals surface area contributed by atoms with Crippen LogP contribution in [0.2, 0.25) is 0 Å². The highest BCUT2D eigenvalue weighted by Crippen LogP contribution is 2.52. The first-order valence-corrected chi connectivity index (χ1v) is 11.7. The second-order valence-corrected chi connectivity index (χ2v) is 10.5. The van der Waals surface area contributed by atoms with E-state index in [2.05, 4.69) is 34.2 Å². The van der Waals surface area contributed by atoms with Gasteiger partial charge in [-0.1, -0.05) is 27.2 Å². The molecule has 0 aromatic rings. The molecule has 0 atom stereocenters. The first kappa shape index (κ1) is 20.0. The smallest absolute Gasteiger partial charge is 0.249 e. The minimum absolute atomic E-state index is 0.715. The third-order valence-corrected chi connectivity index (χ3v) is 9.40. The zero-order valence-corrected chi connectivity index (χ0v) is 15.5. The van der Waals surface area contributed by atoms with Gasteiger partial charge in [0.15, 0.2) is 0 Å². The molecule has 0 aliphatic rings. The fourth-order valence-corrected chi connectivity index (χ4v) is 8.64. The van der Waals surface area contributed by atoms with E-state index in [1.54, 1.807) is 35.8 Å². The van der Waals surface area contributed by atoms with Gasteiger partial charge in [0.2, 0.25) is 7.71 Å². The van der Waals surface area contributed by atoms with Crippen LogP contribution in [0, 0.1) is 5.41 Å². The number of hydrogen-bond donors (Lipinski definition) is 4. The molecular weight excluding hydrogens is 315 g/mol. The van der Waals surface area contributed by atoms with Crippen molar-refractivity contribution in [3.8, 4) is 0 Å². The summed E-state index contributed by atoms with van der Waals surface area (Å²) in [6.45, 7) is 6.56. The van der Waals surface area contributed by atoms with Crippen LogP contribution in [-0.4, -0.2) is 29.6 Å². The first-order valence-electron chi connectivity index (χ1n) is 6.78. The van der Waals surface area contributed by atoms with Crippen molar-refractivity contribution >= 4 is 49.8 Å². The van der Waals surface area contributed by atoms with Crippen LogP contribution in [0.25, 0.3) is 0 Å². The molecule has 0 amide bonds. The second kappa shape index (κ2) is 14.0. The molecular formula is C11H28N4PS3+. The number of unbranched alkanes of at least 4 members (excludes halogenated alkanes) is 2. The lowest BCUT2D eigenvalue weighted by Gasteiger charge is -2.25. The predicted octanol–water partition coefficient (Wildman–Crippen LogP) is 4.34. The zero-order valence-electron chi connectivity index (χ0n) is 12.2. The molecule has 0 aromatic heterocycles. The van der Waals surface area contributed by atoms with Gasteiger partial charge in [0.05, 0.1) is 0 Å². The highest BCUT2D eigenvalue weighted by atomic mass is 32.2. The van der Waals surface area contributed by atoms with Gasteiger partial charge in [-0.3, -0.25) is 0 Å². The molecule has 0 radical (unpaired) electrons. The van der Waals surface area contributed by atoms with E-state index in [-0.39, 0.29) is 0 Å². The molecule has 0 aliphatic heterocycles. The molecule has 114 valence electrons. The molecule has 19 heavy (non-hydrogen) atoms. The lowest BCUT2D eigenvalue weighted by atomic mass is 10.3. The Balaban J connectivity index is 4.47. The van der Waals surface area contributed by atoms with Crippen LogP contribution in [0.5, 0.6) is 0 Å². The normalized spacial score (nSPS) is 11.7. The van der Waals surface area contributed by atoms with Crippen molar-refractivity contribution in [2.24, 2.45) is 0 Å². The van der Waals surface area contributed by atoms with Crippen molar-refractivity contribution in [3.05, 3.63) is 0 Å².